The molecule has 9 nitrogen and oxygen atoms in total. The minimum absolute atomic E-state index is 0.116. The van der Waals surface area contributed by atoms with Gasteiger partial charge in [0.1, 0.15) is 0 Å². The molecule has 4 heterocycles. The molecular weight excluding hydrogens is 420 g/mol. The van der Waals surface area contributed by atoms with E-state index in [9.17, 15) is 18.0 Å². The highest BCUT2D eigenvalue weighted by Crippen LogP contribution is 2.29. The minimum Gasteiger partial charge on any atom is -0.459 e. The molecule has 1 saturated heterocycles. The van der Waals surface area contributed by atoms with Crippen LogP contribution in [-0.2, 0) is 21.4 Å². The molecule has 0 bridgehead atoms. The van der Waals surface area contributed by atoms with Gasteiger partial charge in [0.05, 0.1) is 23.6 Å². The van der Waals surface area contributed by atoms with Gasteiger partial charge in [0.2, 0.25) is 15.9 Å². The summed E-state index contributed by atoms with van der Waals surface area (Å²) in [4.78, 5) is 34.0. The summed E-state index contributed by atoms with van der Waals surface area (Å²) in [7, 11) is -3.28. The Morgan fingerprint density at radius 1 is 1.13 bits per heavy atom. The lowest BCUT2D eigenvalue weighted by Crippen LogP contribution is -2.53. The molecule has 4 rings (SSSR count). The Bertz CT molecular complexity index is 1050. The van der Waals surface area contributed by atoms with E-state index in [-0.39, 0.29) is 43.0 Å². The lowest BCUT2D eigenvalue weighted by atomic mass is 9.93. The number of fused-ring (bicyclic) bond motifs is 1. The Morgan fingerprint density at radius 2 is 1.90 bits per heavy atom. The Labute approximate surface area is 181 Å². The van der Waals surface area contributed by atoms with Gasteiger partial charge in [0.15, 0.2) is 5.76 Å². The van der Waals surface area contributed by atoms with E-state index >= 15 is 0 Å². The van der Waals surface area contributed by atoms with Crippen molar-refractivity contribution < 1.29 is 22.4 Å². The first-order chi connectivity index (χ1) is 14.9. The topological polar surface area (TPSA) is 104 Å². The number of hydrogen-bond acceptors (Lipinski definition) is 6. The smallest absolute Gasteiger partial charge is 0.289 e. The Balaban J connectivity index is 1.51. The molecule has 2 aliphatic rings. The number of carbonyl (C=O) groups excluding carboxylic acids is 2. The van der Waals surface area contributed by atoms with Crippen LogP contribution >= 0.6 is 0 Å². The predicted molar refractivity (Wildman–Crippen MR) is 113 cm³/mol. The van der Waals surface area contributed by atoms with Gasteiger partial charge in [0, 0.05) is 45.5 Å². The Kier molecular flexibility index (Phi) is 6.10. The standard InChI is InChI=1S/C21H26N4O5S/c1-2-13-31(28,29)25-10-8-23(9-11-25)20(26)17-15-24(21(27)18-6-4-12-30-18)14-16-5-3-7-22-19(16)17/h3-7,12,17H,2,8-11,13-15H2,1H3. The Morgan fingerprint density at radius 3 is 2.58 bits per heavy atom. The molecule has 2 aromatic heterocycles. The van der Waals surface area contributed by atoms with Gasteiger partial charge in [-0.1, -0.05) is 13.0 Å². The zero-order valence-corrected chi connectivity index (χ0v) is 18.3. The van der Waals surface area contributed by atoms with Crippen molar-refractivity contribution >= 4 is 21.8 Å². The van der Waals surface area contributed by atoms with Crippen LogP contribution in [0.4, 0.5) is 0 Å². The molecule has 2 aliphatic heterocycles. The fourth-order valence-electron chi connectivity index (χ4n) is 4.18. The van der Waals surface area contributed by atoms with Crippen LogP contribution < -0.4 is 0 Å². The first-order valence-corrected chi connectivity index (χ1v) is 12.0. The van der Waals surface area contributed by atoms with E-state index in [1.807, 2.05) is 13.0 Å². The van der Waals surface area contributed by atoms with Crippen molar-refractivity contribution in [3.05, 3.63) is 53.7 Å². The summed E-state index contributed by atoms with van der Waals surface area (Å²) in [5, 5.41) is 0. The van der Waals surface area contributed by atoms with Crippen LogP contribution in [0.25, 0.3) is 0 Å². The van der Waals surface area contributed by atoms with Crippen LogP contribution in [0.15, 0.2) is 41.1 Å². The van der Waals surface area contributed by atoms with Gasteiger partial charge in [-0.3, -0.25) is 14.6 Å². The molecular formula is C21H26N4O5S. The monoisotopic (exact) mass is 446 g/mol. The first kappa shape index (κ1) is 21.5. The second-order valence-electron chi connectivity index (χ2n) is 7.80. The van der Waals surface area contributed by atoms with E-state index in [2.05, 4.69) is 4.98 Å². The quantitative estimate of drug-likeness (QED) is 0.686. The zero-order valence-electron chi connectivity index (χ0n) is 17.4. The molecule has 0 saturated carbocycles. The van der Waals surface area contributed by atoms with Crippen LogP contribution in [0, 0.1) is 0 Å². The second kappa shape index (κ2) is 8.80. The van der Waals surface area contributed by atoms with Gasteiger partial charge in [-0.25, -0.2) is 8.42 Å². The largest absolute Gasteiger partial charge is 0.459 e. The number of carbonyl (C=O) groups is 2. The number of nitrogens with zero attached hydrogens (tertiary/aromatic N) is 4. The van der Waals surface area contributed by atoms with Crippen molar-refractivity contribution in [3.63, 3.8) is 0 Å². The maximum Gasteiger partial charge on any atom is 0.289 e. The first-order valence-electron chi connectivity index (χ1n) is 10.4. The maximum atomic E-state index is 13.4. The highest BCUT2D eigenvalue weighted by molar-refractivity contribution is 7.89. The van der Waals surface area contributed by atoms with Crippen molar-refractivity contribution in [2.45, 2.75) is 25.8 Å². The molecule has 0 N–H and O–H groups in total. The summed E-state index contributed by atoms with van der Waals surface area (Å²) in [6.45, 7) is 3.61. The molecule has 31 heavy (non-hydrogen) atoms. The number of amides is 2. The molecule has 2 aromatic rings. The Hall–Kier alpha value is -2.72. The van der Waals surface area contributed by atoms with E-state index in [0.717, 1.165) is 5.56 Å². The van der Waals surface area contributed by atoms with Gasteiger partial charge >= 0.3 is 0 Å². The van der Waals surface area contributed by atoms with Crippen LogP contribution in [0.2, 0.25) is 0 Å². The third-order valence-corrected chi connectivity index (χ3v) is 7.82. The number of furan rings is 1. The summed E-state index contributed by atoms with van der Waals surface area (Å²) >= 11 is 0. The minimum atomic E-state index is -3.28. The number of piperazine rings is 1. The second-order valence-corrected chi connectivity index (χ2v) is 9.89. The molecule has 0 aromatic carbocycles. The molecule has 1 fully saturated rings. The summed E-state index contributed by atoms with van der Waals surface area (Å²) in [5.74, 6) is -0.654. The molecule has 1 unspecified atom stereocenters. The normalized spacial score (nSPS) is 19.8. The number of pyridine rings is 1. The fraction of sp³-hybridized carbons (Fsp3) is 0.476. The van der Waals surface area contributed by atoms with Crippen LogP contribution in [0.5, 0.6) is 0 Å². The van der Waals surface area contributed by atoms with Crippen molar-refractivity contribution in [2.75, 3.05) is 38.5 Å². The summed E-state index contributed by atoms with van der Waals surface area (Å²) in [5.41, 5.74) is 1.51. The van der Waals surface area contributed by atoms with Crippen LogP contribution in [0.1, 0.15) is 41.1 Å². The van der Waals surface area contributed by atoms with Crippen molar-refractivity contribution in [1.29, 1.82) is 0 Å². The van der Waals surface area contributed by atoms with Crippen molar-refractivity contribution in [1.82, 2.24) is 19.1 Å². The van der Waals surface area contributed by atoms with Gasteiger partial charge in [-0.05, 0) is 30.2 Å². The van der Waals surface area contributed by atoms with E-state index in [0.29, 0.717) is 31.7 Å². The van der Waals surface area contributed by atoms with E-state index in [1.54, 1.807) is 34.2 Å². The lowest BCUT2D eigenvalue weighted by molar-refractivity contribution is -0.134. The van der Waals surface area contributed by atoms with Gasteiger partial charge in [-0.15, -0.1) is 0 Å². The molecule has 166 valence electrons. The van der Waals surface area contributed by atoms with Gasteiger partial charge < -0.3 is 14.2 Å². The SMILES string of the molecule is CCCS(=O)(=O)N1CCN(C(=O)C2CN(C(=O)c3ccco3)Cc3cccnc32)CC1. The number of aromatic nitrogens is 1. The molecule has 1 atom stereocenters. The van der Waals surface area contributed by atoms with Crippen LogP contribution in [0.3, 0.4) is 0 Å². The molecule has 2 amide bonds. The highest BCUT2D eigenvalue weighted by Gasteiger charge is 2.38. The molecule has 10 heteroatoms. The van der Waals surface area contributed by atoms with Crippen LogP contribution in [-0.4, -0.2) is 77.8 Å². The van der Waals surface area contributed by atoms with Crippen molar-refractivity contribution in [2.24, 2.45) is 0 Å². The number of sulfonamides is 1. The maximum absolute atomic E-state index is 13.4. The summed E-state index contributed by atoms with van der Waals surface area (Å²) in [6.07, 6.45) is 3.66. The number of hydrogen-bond donors (Lipinski definition) is 0. The third-order valence-electron chi connectivity index (χ3n) is 5.74. The fourth-order valence-corrected chi connectivity index (χ4v) is 5.67. The average molecular weight is 447 g/mol. The highest BCUT2D eigenvalue weighted by atomic mass is 32.2. The molecule has 0 aliphatic carbocycles. The van der Waals surface area contributed by atoms with Gasteiger partial charge in [0.25, 0.3) is 5.91 Å². The predicted octanol–water partition coefficient (Wildman–Crippen LogP) is 1.30. The summed E-state index contributed by atoms with van der Waals surface area (Å²) < 4.78 is 31.3. The number of rotatable bonds is 5. The molecule has 0 spiro atoms. The van der Waals surface area contributed by atoms with E-state index in [4.69, 9.17) is 4.42 Å². The third kappa shape index (κ3) is 4.35. The van der Waals surface area contributed by atoms with Gasteiger partial charge in [-0.2, -0.15) is 4.31 Å². The molecule has 0 radical (unpaired) electrons. The van der Waals surface area contributed by atoms with E-state index < -0.39 is 15.9 Å². The van der Waals surface area contributed by atoms with Crippen molar-refractivity contribution in [3.8, 4) is 0 Å². The summed E-state index contributed by atoms with van der Waals surface area (Å²) in [6, 6.07) is 6.92. The lowest BCUT2D eigenvalue weighted by Gasteiger charge is -2.38. The van der Waals surface area contributed by atoms with E-state index in [1.165, 1.54) is 10.6 Å². The average Bonchev–Trinajstić information content (AvgIpc) is 3.32. The zero-order chi connectivity index (χ0) is 22.0.